The number of hydrogen-bond acceptors (Lipinski definition) is 3. The first-order valence-corrected chi connectivity index (χ1v) is 5.71. The lowest BCUT2D eigenvalue weighted by Crippen LogP contribution is -2.35. The van der Waals surface area contributed by atoms with Crippen molar-refractivity contribution in [1.82, 2.24) is 4.90 Å². The number of rotatable bonds is 2. The van der Waals surface area contributed by atoms with E-state index in [1.165, 1.54) is 11.8 Å². The van der Waals surface area contributed by atoms with Crippen LogP contribution in [0.3, 0.4) is 0 Å². The lowest BCUT2D eigenvalue weighted by Gasteiger charge is -2.17. The molecule has 1 aromatic carbocycles. The van der Waals surface area contributed by atoms with Crippen molar-refractivity contribution in [2.75, 3.05) is 5.32 Å². The van der Waals surface area contributed by atoms with Gasteiger partial charge in [0.05, 0.1) is 11.1 Å². The molecule has 0 aromatic heterocycles. The largest absolute Gasteiger partial charge is 0.326 e. The molecule has 94 valence electrons. The highest BCUT2D eigenvalue weighted by molar-refractivity contribution is 6.22. The molecule has 1 aromatic rings. The molecule has 2 rings (SSSR count). The molecule has 3 amide bonds. The number of amides is 3. The second-order valence-electron chi connectivity index (χ2n) is 4.52. The second kappa shape index (κ2) is 4.25. The summed E-state index contributed by atoms with van der Waals surface area (Å²) < 4.78 is 0. The molecule has 0 spiro atoms. The molecule has 0 saturated carbocycles. The van der Waals surface area contributed by atoms with Gasteiger partial charge in [0, 0.05) is 18.7 Å². The predicted molar refractivity (Wildman–Crippen MR) is 66.4 cm³/mol. The van der Waals surface area contributed by atoms with Crippen molar-refractivity contribution >= 4 is 23.4 Å². The summed E-state index contributed by atoms with van der Waals surface area (Å²) in [5.74, 6) is -0.802. The number of carbonyl (C=O) groups excluding carboxylic acids is 3. The average molecular weight is 246 g/mol. The monoisotopic (exact) mass is 246 g/mol. The molecular formula is C13H14N2O3. The Bertz CT molecular complexity index is 549. The van der Waals surface area contributed by atoms with Crippen molar-refractivity contribution in [3.05, 3.63) is 29.3 Å². The predicted octanol–water partition coefficient (Wildman–Crippen LogP) is 1.65. The molecule has 1 aliphatic heterocycles. The fraction of sp³-hybridized carbons (Fsp3) is 0.308. The van der Waals surface area contributed by atoms with E-state index in [4.69, 9.17) is 0 Å². The second-order valence-corrected chi connectivity index (χ2v) is 4.52. The first kappa shape index (κ1) is 12.3. The molecule has 0 radical (unpaired) electrons. The van der Waals surface area contributed by atoms with Crippen molar-refractivity contribution < 1.29 is 14.4 Å². The van der Waals surface area contributed by atoms with Gasteiger partial charge in [0.2, 0.25) is 5.91 Å². The molecule has 0 fully saturated rings. The highest BCUT2D eigenvalue weighted by Crippen LogP contribution is 2.27. The molecular weight excluding hydrogens is 232 g/mol. The van der Waals surface area contributed by atoms with Crippen LogP contribution in [-0.2, 0) is 4.79 Å². The highest BCUT2D eigenvalue weighted by atomic mass is 16.2. The van der Waals surface area contributed by atoms with Gasteiger partial charge in [-0.2, -0.15) is 0 Å². The third-order valence-electron chi connectivity index (χ3n) is 2.75. The zero-order valence-corrected chi connectivity index (χ0v) is 10.5. The Labute approximate surface area is 105 Å². The number of benzene rings is 1. The van der Waals surface area contributed by atoms with Gasteiger partial charge in [-0.3, -0.25) is 19.3 Å². The van der Waals surface area contributed by atoms with Gasteiger partial charge in [-0.15, -0.1) is 0 Å². The Morgan fingerprint density at radius 1 is 1.17 bits per heavy atom. The number of anilines is 1. The van der Waals surface area contributed by atoms with Gasteiger partial charge in [-0.25, -0.2) is 0 Å². The lowest BCUT2D eigenvalue weighted by atomic mass is 10.1. The van der Waals surface area contributed by atoms with E-state index in [0.29, 0.717) is 16.8 Å². The standard InChI is InChI=1S/C13H14N2O3/c1-7(2)15-12(17)10-5-4-9(14-8(3)16)6-11(10)13(15)18/h4-7H,1-3H3,(H,14,16). The first-order valence-electron chi connectivity index (χ1n) is 5.71. The van der Waals surface area contributed by atoms with Gasteiger partial charge in [0.1, 0.15) is 0 Å². The maximum absolute atomic E-state index is 12.1. The van der Waals surface area contributed by atoms with Crippen molar-refractivity contribution in [3.8, 4) is 0 Å². The average Bonchev–Trinajstić information content (AvgIpc) is 2.50. The maximum atomic E-state index is 12.1. The minimum Gasteiger partial charge on any atom is -0.326 e. The number of hydrogen-bond donors (Lipinski definition) is 1. The van der Waals surface area contributed by atoms with E-state index in [0.717, 1.165) is 0 Å². The molecule has 1 N–H and O–H groups in total. The van der Waals surface area contributed by atoms with Crippen LogP contribution in [0.15, 0.2) is 18.2 Å². The van der Waals surface area contributed by atoms with E-state index in [1.54, 1.807) is 32.0 Å². The smallest absolute Gasteiger partial charge is 0.261 e. The normalized spacial score (nSPS) is 14.1. The molecule has 0 unspecified atom stereocenters. The Morgan fingerprint density at radius 3 is 2.33 bits per heavy atom. The van der Waals surface area contributed by atoms with Gasteiger partial charge in [-0.1, -0.05) is 0 Å². The Morgan fingerprint density at radius 2 is 1.78 bits per heavy atom. The molecule has 5 heteroatoms. The summed E-state index contributed by atoms with van der Waals surface area (Å²) in [6.45, 7) is 4.97. The number of imide groups is 1. The van der Waals surface area contributed by atoms with Gasteiger partial charge in [0.15, 0.2) is 0 Å². The quantitative estimate of drug-likeness (QED) is 0.807. The Kier molecular flexibility index (Phi) is 2.90. The molecule has 1 aliphatic rings. The zero-order chi connectivity index (χ0) is 13.4. The number of fused-ring (bicyclic) bond motifs is 1. The summed E-state index contributed by atoms with van der Waals surface area (Å²) in [5.41, 5.74) is 1.26. The van der Waals surface area contributed by atoms with Crippen LogP contribution < -0.4 is 5.32 Å². The minimum absolute atomic E-state index is 0.179. The van der Waals surface area contributed by atoms with Crippen molar-refractivity contribution in [2.24, 2.45) is 0 Å². The Hall–Kier alpha value is -2.17. The summed E-state index contributed by atoms with van der Waals surface area (Å²) in [5, 5.41) is 2.59. The number of nitrogens with zero attached hydrogens (tertiary/aromatic N) is 1. The lowest BCUT2D eigenvalue weighted by molar-refractivity contribution is -0.114. The van der Waals surface area contributed by atoms with E-state index in [1.807, 2.05) is 0 Å². The zero-order valence-electron chi connectivity index (χ0n) is 10.5. The molecule has 0 bridgehead atoms. The summed E-state index contributed by atoms with van der Waals surface area (Å²) in [6, 6.07) is 4.55. The molecule has 0 atom stereocenters. The summed E-state index contributed by atoms with van der Waals surface area (Å²) >= 11 is 0. The topological polar surface area (TPSA) is 66.5 Å². The van der Waals surface area contributed by atoms with E-state index >= 15 is 0 Å². The molecule has 0 aliphatic carbocycles. The maximum Gasteiger partial charge on any atom is 0.261 e. The van der Waals surface area contributed by atoms with Crippen LogP contribution >= 0.6 is 0 Å². The van der Waals surface area contributed by atoms with E-state index in [2.05, 4.69) is 5.32 Å². The van der Waals surface area contributed by atoms with Gasteiger partial charge in [0.25, 0.3) is 11.8 Å². The van der Waals surface area contributed by atoms with E-state index < -0.39 is 0 Å². The number of carbonyl (C=O) groups is 3. The van der Waals surface area contributed by atoms with E-state index in [-0.39, 0.29) is 23.8 Å². The summed E-state index contributed by atoms with van der Waals surface area (Å²) in [7, 11) is 0. The third kappa shape index (κ3) is 1.88. The molecule has 0 saturated heterocycles. The summed E-state index contributed by atoms with van der Waals surface area (Å²) in [6.07, 6.45) is 0. The van der Waals surface area contributed by atoms with E-state index in [9.17, 15) is 14.4 Å². The fourth-order valence-corrected chi connectivity index (χ4v) is 2.01. The minimum atomic E-state index is -0.308. The van der Waals surface area contributed by atoms with Crippen LogP contribution in [0.2, 0.25) is 0 Å². The van der Waals surface area contributed by atoms with Crippen LogP contribution in [0.1, 0.15) is 41.5 Å². The van der Waals surface area contributed by atoms with Crippen LogP contribution in [0.25, 0.3) is 0 Å². The van der Waals surface area contributed by atoms with Crippen molar-refractivity contribution in [2.45, 2.75) is 26.8 Å². The SMILES string of the molecule is CC(=O)Nc1ccc2c(c1)C(=O)N(C(C)C)C2=O. The van der Waals surface area contributed by atoms with Gasteiger partial charge >= 0.3 is 0 Å². The van der Waals surface area contributed by atoms with Crippen LogP contribution in [0.4, 0.5) is 5.69 Å². The number of nitrogens with one attached hydrogen (secondary N) is 1. The molecule has 18 heavy (non-hydrogen) atoms. The summed E-state index contributed by atoms with van der Waals surface area (Å²) in [4.78, 5) is 36.3. The molecule has 1 heterocycles. The molecule has 5 nitrogen and oxygen atoms in total. The third-order valence-corrected chi connectivity index (χ3v) is 2.75. The Balaban J connectivity index is 2.43. The van der Waals surface area contributed by atoms with Crippen molar-refractivity contribution in [3.63, 3.8) is 0 Å². The fourth-order valence-electron chi connectivity index (χ4n) is 2.01. The van der Waals surface area contributed by atoms with Gasteiger partial charge in [-0.05, 0) is 32.0 Å². The van der Waals surface area contributed by atoms with Crippen LogP contribution in [0, 0.1) is 0 Å². The van der Waals surface area contributed by atoms with Crippen LogP contribution in [0.5, 0.6) is 0 Å². The van der Waals surface area contributed by atoms with Crippen LogP contribution in [-0.4, -0.2) is 28.7 Å². The van der Waals surface area contributed by atoms with Gasteiger partial charge < -0.3 is 5.32 Å². The van der Waals surface area contributed by atoms with Crippen molar-refractivity contribution in [1.29, 1.82) is 0 Å². The highest BCUT2D eigenvalue weighted by Gasteiger charge is 2.37. The first-order chi connectivity index (χ1) is 8.41.